The summed E-state index contributed by atoms with van der Waals surface area (Å²) in [4.78, 5) is 15.9. The highest BCUT2D eigenvalue weighted by Gasteiger charge is 2.36. The van der Waals surface area contributed by atoms with Gasteiger partial charge in [-0.1, -0.05) is 184 Å². The van der Waals surface area contributed by atoms with Crippen molar-refractivity contribution in [3.63, 3.8) is 0 Å². The summed E-state index contributed by atoms with van der Waals surface area (Å²) in [7, 11) is 0. The molecule has 0 bridgehead atoms. The van der Waals surface area contributed by atoms with Gasteiger partial charge in [-0.25, -0.2) is 15.0 Å². The molecule has 0 unspecified atom stereocenters. The first kappa shape index (κ1) is 33.6. The molecule has 1 aliphatic carbocycles. The molecule has 0 atom stereocenters. The zero-order valence-electron chi connectivity index (χ0n) is 32.7. The first-order valence-electron chi connectivity index (χ1n) is 20.4. The lowest BCUT2D eigenvalue weighted by molar-refractivity contribution is 0.660. The minimum Gasteiger partial charge on any atom is -0.208 e. The Labute approximate surface area is 342 Å². The minimum atomic E-state index is -0.0823. The average molecular weight is 752 g/mol. The lowest BCUT2D eigenvalue weighted by Crippen LogP contribution is -2.14. The van der Waals surface area contributed by atoms with Gasteiger partial charge in [-0.3, -0.25) is 0 Å². The van der Waals surface area contributed by atoms with E-state index >= 15 is 0 Å². The van der Waals surface area contributed by atoms with E-state index in [0.29, 0.717) is 17.5 Å². The van der Waals surface area contributed by atoms with Crippen molar-refractivity contribution in [1.82, 2.24) is 15.0 Å². The average Bonchev–Trinajstić information content (AvgIpc) is 3.53. The highest BCUT2D eigenvalue weighted by atomic mass is 15.0. The fourth-order valence-electron chi connectivity index (χ4n) is 9.77. The van der Waals surface area contributed by atoms with Crippen LogP contribution in [0.3, 0.4) is 0 Å². The van der Waals surface area contributed by atoms with Crippen molar-refractivity contribution in [2.45, 2.75) is 19.3 Å². The molecule has 12 rings (SSSR count). The number of rotatable bonds is 4. The number of hydrogen-bond acceptors (Lipinski definition) is 3. The van der Waals surface area contributed by atoms with Crippen LogP contribution in [0.15, 0.2) is 188 Å². The van der Waals surface area contributed by atoms with Crippen LogP contribution >= 0.6 is 0 Å². The Morgan fingerprint density at radius 3 is 1.41 bits per heavy atom. The topological polar surface area (TPSA) is 38.7 Å². The summed E-state index contributed by atoms with van der Waals surface area (Å²) in [6.07, 6.45) is 0. The highest BCUT2D eigenvalue weighted by Crippen LogP contribution is 2.53. The lowest BCUT2D eigenvalue weighted by atomic mass is 9.81. The normalized spacial score (nSPS) is 13.1. The van der Waals surface area contributed by atoms with E-state index in [0.717, 1.165) is 32.8 Å². The van der Waals surface area contributed by atoms with E-state index < -0.39 is 0 Å². The minimum absolute atomic E-state index is 0.0823. The molecule has 0 aliphatic heterocycles. The van der Waals surface area contributed by atoms with E-state index in [9.17, 15) is 0 Å². The van der Waals surface area contributed by atoms with Gasteiger partial charge in [0.05, 0.1) is 0 Å². The zero-order valence-corrected chi connectivity index (χ0v) is 32.7. The molecule has 59 heavy (non-hydrogen) atoms. The zero-order chi connectivity index (χ0) is 39.2. The fraction of sp³-hybridized carbons (Fsp3) is 0.0536. The van der Waals surface area contributed by atoms with Crippen molar-refractivity contribution < 1.29 is 0 Å². The van der Waals surface area contributed by atoms with Crippen molar-refractivity contribution in [1.29, 1.82) is 0 Å². The highest BCUT2D eigenvalue weighted by molar-refractivity contribution is 6.10. The molecule has 0 spiro atoms. The van der Waals surface area contributed by atoms with Crippen molar-refractivity contribution in [3.05, 3.63) is 199 Å². The summed E-state index contributed by atoms with van der Waals surface area (Å²) in [5, 5.41) is 11.9. The molecule has 276 valence electrons. The Morgan fingerprint density at radius 2 is 0.763 bits per heavy atom. The van der Waals surface area contributed by atoms with E-state index in [1.54, 1.807) is 0 Å². The van der Waals surface area contributed by atoms with Crippen molar-refractivity contribution in [3.8, 4) is 56.4 Å². The second-order valence-electron chi connectivity index (χ2n) is 16.4. The van der Waals surface area contributed by atoms with Crippen molar-refractivity contribution >= 4 is 53.9 Å². The molecule has 0 saturated carbocycles. The molecule has 0 amide bonds. The van der Waals surface area contributed by atoms with Gasteiger partial charge in [0.1, 0.15) is 0 Å². The van der Waals surface area contributed by atoms with Crippen molar-refractivity contribution in [2.24, 2.45) is 0 Å². The van der Waals surface area contributed by atoms with Crippen LogP contribution in [0.1, 0.15) is 25.0 Å². The summed E-state index contributed by atoms with van der Waals surface area (Å²) in [6, 6.07) is 67.9. The molecular weight excluding hydrogens is 715 g/mol. The van der Waals surface area contributed by atoms with Crippen LogP contribution in [0.25, 0.3) is 110 Å². The number of nitrogens with zero attached hydrogens (tertiary/aromatic N) is 3. The third kappa shape index (κ3) is 5.18. The number of hydrogen-bond donors (Lipinski definition) is 0. The lowest BCUT2D eigenvalue weighted by Gasteiger charge is -2.21. The number of aromatic nitrogens is 3. The summed E-state index contributed by atoms with van der Waals surface area (Å²) in [5.41, 5.74) is 10.6. The molecule has 11 aromatic rings. The Bertz CT molecular complexity index is 3410. The molecule has 1 heterocycles. The second-order valence-corrected chi connectivity index (χ2v) is 16.4. The molecule has 3 nitrogen and oxygen atoms in total. The summed E-state index contributed by atoms with van der Waals surface area (Å²) in [6.45, 7) is 4.68. The molecule has 10 aromatic carbocycles. The van der Waals surface area contributed by atoms with E-state index in [2.05, 4.69) is 202 Å². The maximum atomic E-state index is 5.31. The monoisotopic (exact) mass is 751 g/mol. The quantitative estimate of drug-likeness (QED) is 0.168. The Balaban J connectivity index is 1.07. The van der Waals surface area contributed by atoms with E-state index in [4.69, 9.17) is 15.0 Å². The van der Waals surface area contributed by atoms with Crippen LogP contribution in [-0.2, 0) is 5.41 Å². The number of benzene rings is 10. The van der Waals surface area contributed by atoms with Crippen LogP contribution in [0, 0.1) is 0 Å². The van der Waals surface area contributed by atoms with E-state index in [1.165, 1.54) is 71.1 Å². The van der Waals surface area contributed by atoms with Gasteiger partial charge in [0.25, 0.3) is 0 Å². The van der Waals surface area contributed by atoms with Gasteiger partial charge in [0.2, 0.25) is 0 Å². The van der Waals surface area contributed by atoms with Crippen molar-refractivity contribution in [2.75, 3.05) is 0 Å². The molecule has 0 saturated heterocycles. The van der Waals surface area contributed by atoms with Gasteiger partial charge >= 0.3 is 0 Å². The molecule has 0 fully saturated rings. The van der Waals surface area contributed by atoms with Crippen LogP contribution in [-0.4, -0.2) is 15.0 Å². The molecule has 0 radical (unpaired) electrons. The molecule has 1 aliphatic rings. The molecule has 0 N–H and O–H groups in total. The van der Waals surface area contributed by atoms with Crippen LogP contribution in [0.5, 0.6) is 0 Å². The van der Waals surface area contributed by atoms with Gasteiger partial charge in [0, 0.05) is 22.1 Å². The first-order valence-corrected chi connectivity index (χ1v) is 20.4. The Kier molecular flexibility index (Phi) is 7.27. The van der Waals surface area contributed by atoms with Gasteiger partial charge in [0.15, 0.2) is 17.5 Å². The molecule has 3 heteroatoms. The van der Waals surface area contributed by atoms with Crippen LogP contribution in [0.2, 0.25) is 0 Å². The van der Waals surface area contributed by atoms with Crippen LogP contribution in [0.4, 0.5) is 0 Å². The Hall–Kier alpha value is -7.49. The largest absolute Gasteiger partial charge is 0.208 e. The molecule has 1 aromatic heterocycles. The SMILES string of the molecule is CC1(C)c2ccccc2-c2c(-c3ccc(-c4nc(-c5ccc6c(ccc7ccccc76)c5)nc(-c5ccc6c(ccc7ccccc76)c5)n4)c4ccccc34)cccc21. The summed E-state index contributed by atoms with van der Waals surface area (Å²) < 4.78 is 0. The van der Waals surface area contributed by atoms with Gasteiger partial charge in [-0.15, -0.1) is 0 Å². The predicted molar refractivity (Wildman–Crippen MR) is 247 cm³/mol. The summed E-state index contributed by atoms with van der Waals surface area (Å²) in [5.74, 6) is 1.94. The molecular formula is C56H37N3. The smallest absolute Gasteiger partial charge is 0.164 e. The summed E-state index contributed by atoms with van der Waals surface area (Å²) >= 11 is 0. The second kappa shape index (κ2) is 12.8. The number of fused-ring (bicyclic) bond motifs is 10. The maximum Gasteiger partial charge on any atom is 0.164 e. The fourth-order valence-corrected chi connectivity index (χ4v) is 9.77. The maximum absolute atomic E-state index is 5.31. The van der Waals surface area contributed by atoms with E-state index in [-0.39, 0.29) is 5.41 Å². The van der Waals surface area contributed by atoms with Gasteiger partial charge in [-0.2, -0.15) is 0 Å². The third-order valence-corrected chi connectivity index (χ3v) is 12.7. The predicted octanol–water partition coefficient (Wildman–Crippen LogP) is 14.6. The first-order chi connectivity index (χ1) is 29.0. The van der Waals surface area contributed by atoms with Crippen LogP contribution < -0.4 is 0 Å². The third-order valence-electron chi connectivity index (χ3n) is 12.7. The van der Waals surface area contributed by atoms with Gasteiger partial charge < -0.3 is 0 Å². The standard InChI is InChI=1S/C56H37N3/c1-56(2)50-20-10-9-18-49(50)52-47(19-11-21-51(52)56)46-30-31-48(45-17-8-7-16-44(45)46)55-58-53(38-26-28-42-36(32-38)24-22-34-12-3-5-14-40(34)42)57-54(59-55)39-27-29-43-37(33-39)25-23-35-13-4-6-15-41(35)43/h3-33H,1-2H3. The Morgan fingerprint density at radius 1 is 0.305 bits per heavy atom. The van der Waals surface area contributed by atoms with E-state index in [1.807, 2.05) is 0 Å². The van der Waals surface area contributed by atoms with Gasteiger partial charge in [-0.05, 0) is 105 Å².